The maximum atomic E-state index is 13.0. The summed E-state index contributed by atoms with van der Waals surface area (Å²) in [5, 5.41) is 0. The van der Waals surface area contributed by atoms with E-state index in [1.54, 1.807) is 0 Å². The Kier molecular flexibility index (Phi) is 3.18. The fourth-order valence-corrected chi connectivity index (χ4v) is 1.08. The monoisotopic (exact) mass is 182 g/mol. The largest absolute Gasteiger partial charge is 0.207 e. The quantitative estimate of drug-likeness (QED) is 0.628. The number of benzene rings is 1. The van der Waals surface area contributed by atoms with Gasteiger partial charge in [-0.2, -0.15) is 0 Å². The maximum Gasteiger partial charge on any atom is 0.126 e. The summed E-state index contributed by atoms with van der Waals surface area (Å²) in [4.78, 5) is 0. The molecule has 2 heteroatoms. The van der Waals surface area contributed by atoms with E-state index in [4.69, 9.17) is 0 Å². The fourth-order valence-electron chi connectivity index (χ4n) is 1.08. The Balaban J connectivity index is 2.75. The molecule has 1 aromatic carbocycles. The molecule has 0 aliphatic carbocycles. The molecule has 0 radical (unpaired) electrons. The lowest BCUT2D eigenvalue weighted by Gasteiger charge is -2.02. The van der Waals surface area contributed by atoms with E-state index >= 15 is 0 Å². The standard InChI is InChI=1S/C11H12F2/c1-8(2)3-4-9-7-10(12)5-6-11(9)13/h5-7H,1,3-4H2,2H3. The van der Waals surface area contributed by atoms with E-state index < -0.39 is 5.82 Å². The SMILES string of the molecule is C=C(C)CCc1cc(F)ccc1F. The van der Waals surface area contributed by atoms with Gasteiger partial charge in [0.1, 0.15) is 11.6 Å². The van der Waals surface area contributed by atoms with E-state index in [9.17, 15) is 8.78 Å². The van der Waals surface area contributed by atoms with E-state index in [0.717, 1.165) is 17.7 Å². The summed E-state index contributed by atoms with van der Waals surface area (Å²) >= 11 is 0. The van der Waals surface area contributed by atoms with Crippen LogP contribution in [0.25, 0.3) is 0 Å². The van der Waals surface area contributed by atoms with E-state index in [1.807, 2.05) is 6.92 Å². The van der Waals surface area contributed by atoms with Crippen LogP contribution in [0.15, 0.2) is 30.4 Å². The van der Waals surface area contributed by atoms with Gasteiger partial charge in [0, 0.05) is 0 Å². The van der Waals surface area contributed by atoms with Crippen LogP contribution in [-0.2, 0) is 6.42 Å². The van der Waals surface area contributed by atoms with Gasteiger partial charge >= 0.3 is 0 Å². The first-order chi connectivity index (χ1) is 6.09. The molecule has 0 nitrogen and oxygen atoms in total. The Labute approximate surface area is 76.9 Å². The molecule has 0 heterocycles. The average Bonchev–Trinajstić information content (AvgIpc) is 2.06. The molecular weight excluding hydrogens is 170 g/mol. The second-order valence-corrected chi connectivity index (χ2v) is 3.19. The topological polar surface area (TPSA) is 0 Å². The molecule has 1 rings (SSSR count). The summed E-state index contributed by atoms with van der Waals surface area (Å²) in [6.45, 7) is 5.58. The molecule has 0 amide bonds. The fraction of sp³-hybridized carbons (Fsp3) is 0.273. The number of rotatable bonds is 3. The van der Waals surface area contributed by atoms with Crippen molar-refractivity contribution in [1.29, 1.82) is 0 Å². The van der Waals surface area contributed by atoms with Crippen molar-refractivity contribution in [1.82, 2.24) is 0 Å². The molecule has 0 aliphatic heterocycles. The van der Waals surface area contributed by atoms with Crippen LogP contribution >= 0.6 is 0 Å². The Hall–Kier alpha value is -1.18. The Bertz CT molecular complexity index is 316. The van der Waals surface area contributed by atoms with Crippen LogP contribution in [0.1, 0.15) is 18.9 Å². The van der Waals surface area contributed by atoms with Crippen LogP contribution in [-0.4, -0.2) is 0 Å². The van der Waals surface area contributed by atoms with Crippen molar-refractivity contribution in [2.24, 2.45) is 0 Å². The summed E-state index contributed by atoms with van der Waals surface area (Å²) in [6.07, 6.45) is 1.21. The maximum absolute atomic E-state index is 13.0. The van der Waals surface area contributed by atoms with Crippen LogP contribution in [0.3, 0.4) is 0 Å². The summed E-state index contributed by atoms with van der Waals surface area (Å²) in [5.74, 6) is -0.735. The minimum atomic E-state index is -0.391. The molecule has 0 atom stereocenters. The first kappa shape index (κ1) is 9.90. The zero-order valence-corrected chi connectivity index (χ0v) is 7.61. The van der Waals surface area contributed by atoms with Crippen molar-refractivity contribution in [2.75, 3.05) is 0 Å². The lowest BCUT2D eigenvalue weighted by molar-refractivity contribution is 0.584. The molecule has 0 aromatic heterocycles. The summed E-state index contributed by atoms with van der Waals surface area (Å²) in [6, 6.07) is 3.51. The minimum Gasteiger partial charge on any atom is -0.207 e. The van der Waals surface area contributed by atoms with Crippen LogP contribution in [0.2, 0.25) is 0 Å². The molecule has 0 N–H and O–H groups in total. The van der Waals surface area contributed by atoms with Crippen molar-refractivity contribution in [3.05, 3.63) is 47.5 Å². The minimum absolute atomic E-state index is 0.345. The first-order valence-corrected chi connectivity index (χ1v) is 4.18. The molecule has 70 valence electrons. The van der Waals surface area contributed by atoms with Crippen LogP contribution in [0, 0.1) is 11.6 Å². The Morgan fingerprint density at radius 2 is 2.08 bits per heavy atom. The summed E-state index contributed by atoms with van der Waals surface area (Å²) in [7, 11) is 0. The van der Waals surface area contributed by atoms with Crippen molar-refractivity contribution >= 4 is 0 Å². The highest BCUT2D eigenvalue weighted by Gasteiger charge is 2.02. The smallest absolute Gasteiger partial charge is 0.126 e. The number of aryl methyl sites for hydroxylation is 1. The molecule has 0 aliphatic rings. The molecule has 0 spiro atoms. The summed E-state index contributed by atoms with van der Waals surface area (Å²) in [5.41, 5.74) is 1.40. The first-order valence-electron chi connectivity index (χ1n) is 4.18. The van der Waals surface area contributed by atoms with E-state index in [-0.39, 0.29) is 5.82 Å². The van der Waals surface area contributed by atoms with Gasteiger partial charge in [-0.15, -0.1) is 6.58 Å². The molecule has 0 fully saturated rings. The normalized spacial score (nSPS) is 10.1. The molecule has 1 aromatic rings. The van der Waals surface area contributed by atoms with Crippen LogP contribution in [0.5, 0.6) is 0 Å². The predicted octanol–water partition coefficient (Wildman–Crippen LogP) is 3.47. The molecule has 0 saturated heterocycles. The number of hydrogen-bond donors (Lipinski definition) is 0. The molecule has 0 bridgehead atoms. The highest BCUT2D eigenvalue weighted by atomic mass is 19.1. The van der Waals surface area contributed by atoms with Crippen molar-refractivity contribution in [3.8, 4) is 0 Å². The van der Waals surface area contributed by atoms with Gasteiger partial charge in [-0.1, -0.05) is 5.57 Å². The third kappa shape index (κ3) is 2.98. The van der Waals surface area contributed by atoms with Gasteiger partial charge in [-0.3, -0.25) is 0 Å². The molecule has 0 saturated carbocycles. The highest BCUT2D eigenvalue weighted by Crippen LogP contribution is 2.13. The lowest BCUT2D eigenvalue weighted by Crippen LogP contribution is -1.92. The van der Waals surface area contributed by atoms with E-state index in [0.29, 0.717) is 18.4 Å². The van der Waals surface area contributed by atoms with Gasteiger partial charge in [-0.05, 0) is 43.5 Å². The zero-order chi connectivity index (χ0) is 9.84. The van der Waals surface area contributed by atoms with Crippen molar-refractivity contribution in [3.63, 3.8) is 0 Å². The number of hydrogen-bond acceptors (Lipinski definition) is 0. The highest BCUT2D eigenvalue weighted by molar-refractivity contribution is 5.19. The van der Waals surface area contributed by atoms with Crippen LogP contribution < -0.4 is 0 Å². The van der Waals surface area contributed by atoms with Crippen LogP contribution in [0.4, 0.5) is 8.78 Å². The molecule has 0 unspecified atom stereocenters. The third-order valence-corrected chi connectivity index (χ3v) is 1.83. The number of allylic oxidation sites excluding steroid dienone is 1. The predicted molar refractivity (Wildman–Crippen MR) is 49.5 cm³/mol. The molecular formula is C11H12F2. The van der Waals surface area contributed by atoms with Gasteiger partial charge in [0.2, 0.25) is 0 Å². The Morgan fingerprint density at radius 3 is 2.69 bits per heavy atom. The Morgan fingerprint density at radius 1 is 1.38 bits per heavy atom. The van der Waals surface area contributed by atoms with Crippen molar-refractivity contribution < 1.29 is 8.78 Å². The zero-order valence-electron chi connectivity index (χ0n) is 7.61. The van der Waals surface area contributed by atoms with Gasteiger partial charge in [-0.25, -0.2) is 8.78 Å². The van der Waals surface area contributed by atoms with Gasteiger partial charge in [0.05, 0.1) is 0 Å². The average molecular weight is 182 g/mol. The lowest BCUT2D eigenvalue weighted by atomic mass is 10.1. The van der Waals surface area contributed by atoms with Gasteiger partial charge in [0.15, 0.2) is 0 Å². The van der Waals surface area contributed by atoms with E-state index in [2.05, 4.69) is 6.58 Å². The third-order valence-electron chi connectivity index (χ3n) is 1.83. The second-order valence-electron chi connectivity index (χ2n) is 3.19. The van der Waals surface area contributed by atoms with Gasteiger partial charge < -0.3 is 0 Å². The summed E-state index contributed by atoms with van der Waals surface area (Å²) < 4.78 is 25.7. The molecule has 13 heavy (non-hydrogen) atoms. The second kappa shape index (κ2) is 4.17. The number of halogens is 2. The van der Waals surface area contributed by atoms with Gasteiger partial charge in [0.25, 0.3) is 0 Å². The van der Waals surface area contributed by atoms with Crippen molar-refractivity contribution in [2.45, 2.75) is 19.8 Å². The van der Waals surface area contributed by atoms with E-state index in [1.165, 1.54) is 6.07 Å².